The fourth-order valence-corrected chi connectivity index (χ4v) is 2.15. The molecule has 106 valence electrons. The quantitative estimate of drug-likeness (QED) is 0.847. The second kappa shape index (κ2) is 5.74. The van der Waals surface area contributed by atoms with Crippen LogP contribution in [0.5, 0.6) is 0 Å². The molecule has 1 aliphatic heterocycles. The molecule has 0 saturated carbocycles. The number of aromatic nitrogens is 2. The fraction of sp³-hybridized carbons (Fsp3) is 0.714. The van der Waals surface area contributed by atoms with Crippen molar-refractivity contribution in [1.29, 1.82) is 0 Å². The van der Waals surface area contributed by atoms with Crippen molar-refractivity contribution in [3.63, 3.8) is 0 Å². The SMILES string of the molecule is Cc1nc(NCC(C)(C)CN)cc(N2CCCC2)n1. The van der Waals surface area contributed by atoms with Gasteiger partial charge in [0.15, 0.2) is 0 Å². The number of nitrogens with zero attached hydrogens (tertiary/aromatic N) is 3. The molecule has 5 nitrogen and oxygen atoms in total. The Morgan fingerprint density at radius 3 is 2.63 bits per heavy atom. The minimum absolute atomic E-state index is 0.0761. The maximum Gasteiger partial charge on any atom is 0.134 e. The summed E-state index contributed by atoms with van der Waals surface area (Å²) in [6.07, 6.45) is 2.51. The highest BCUT2D eigenvalue weighted by Gasteiger charge is 2.17. The second-order valence-corrected chi connectivity index (χ2v) is 6.07. The van der Waals surface area contributed by atoms with Crippen LogP contribution in [0.3, 0.4) is 0 Å². The molecule has 0 bridgehead atoms. The molecule has 0 spiro atoms. The third kappa shape index (κ3) is 3.80. The van der Waals surface area contributed by atoms with Crippen molar-refractivity contribution >= 4 is 11.6 Å². The Morgan fingerprint density at radius 1 is 1.32 bits per heavy atom. The molecule has 2 heterocycles. The molecule has 0 unspecified atom stereocenters. The molecule has 0 radical (unpaired) electrons. The van der Waals surface area contributed by atoms with Gasteiger partial charge >= 0.3 is 0 Å². The van der Waals surface area contributed by atoms with Crippen LogP contribution >= 0.6 is 0 Å². The van der Waals surface area contributed by atoms with Gasteiger partial charge in [0, 0.05) is 25.7 Å². The van der Waals surface area contributed by atoms with Crippen LogP contribution in [0.25, 0.3) is 0 Å². The molecule has 3 N–H and O–H groups in total. The molecule has 2 rings (SSSR count). The van der Waals surface area contributed by atoms with E-state index in [1.807, 2.05) is 13.0 Å². The Kier molecular flexibility index (Phi) is 4.24. The summed E-state index contributed by atoms with van der Waals surface area (Å²) in [6.45, 7) is 9.92. The summed E-state index contributed by atoms with van der Waals surface area (Å²) in [5.41, 5.74) is 5.82. The highest BCUT2D eigenvalue weighted by Crippen LogP contribution is 2.21. The normalized spacial score (nSPS) is 15.9. The van der Waals surface area contributed by atoms with E-state index >= 15 is 0 Å². The van der Waals surface area contributed by atoms with Crippen molar-refractivity contribution in [2.75, 3.05) is 36.4 Å². The Labute approximate surface area is 115 Å². The first-order valence-corrected chi connectivity index (χ1v) is 7.05. The zero-order valence-electron chi connectivity index (χ0n) is 12.2. The van der Waals surface area contributed by atoms with Gasteiger partial charge in [0.05, 0.1) is 0 Å². The fourth-order valence-electron chi connectivity index (χ4n) is 2.15. The average Bonchev–Trinajstić information content (AvgIpc) is 2.90. The summed E-state index contributed by atoms with van der Waals surface area (Å²) in [4.78, 5) is 11.3. The van der Waals surface area contributed by atoms with Gasteiger partial charge in [0.2, 0.25) is 0 Å². The summed E-state index contributed by atoms with van der Waals surface area (Å²) in [7, 11) is 0. The third-order valence-electron chi connectivity index (χ3n) is 3.56. The molecule has 0 amide bonds. The largest absolute Gasteiger partial charge is 0.369 e. The van der Waals surface area contributed by atoms with Crippen LogP contribution in [0.2, 0.25) is 0 Å². The van der Waals surface area contributed by atoms with E-state index in [1.54, 1.807) is 0 Å². The number of anilines is 2. The van der Waals surface area contributed by atoms with Crippen molar-refractivity contribution in [1.82, 2.24) is 9.97 Å². The summed E-state index contributed by atoms with van der Waals surface area (Å²) in [5.74, 6) is 2.76. The number of nitrogens with two attached hydrogens (primary N) is 1. The van der Waals surface area contributed by atoms with Gasteiger partial charge in [-0.2, -0.15) is 0 Å². The zero-order valence-corrected chi connectivity index (χ0v) is 12.2. The number of rotatable bonds is 5. The van der Waals surface area contributed by atoms with E-state index in [0.717, 1.165) is 37.1 Å². The number of aryl methyl sites for hydroxylation is 1. The lowest BCUT2D eigenvalue weighted by Gasteiger charge is -2.24. The van der Waals surface area contributed by atoms with Gasteiger partial charge in [0.1, 0.15) is 17.5 Å². The highest BCUT2D eigenvalue weighted by molar-refractivity contribution is 5.50. The zero-order chi connectivity index (χ0) is 13.9. The molecular formula is C14H25N5. The predicted molar refractivity (Wildman–Crippen MR) is 79.5 cm³/mol. The van der Waals surface area contributed by atoms with Crippen LogP contribution in [0.15, 0.2) is 6.07 Å². The molecule has 0 atom stereocenters. The van der Waals surface area contributed by atoms with E-state index in [4.69, 9.17) is 5.73 Å². The van der Waals surface area contributed by atoms with E-state index in [1.165, 1.54) is 12.8 Å². The summed E-state index contributed by atoms with van der Waals surface area (Å²) in [6, 6.07) is 2.05. The van der Waals surface area contributed by atoms with E-state index in [-0.39, 0.29) is 5.41 Å². The minimum Gasteiger partial charge on any atom is -0.369 e. The van der Waals surface area contributed by atoms with E-state index in [2.05, 4.69) is 34.0 Å². The maximum atomic E-state index is 5.75. The lowest BCUT2D eigenvalue weighted by atomic mass is 9.94. The van der Waals surface area contributed by atoms with Crippen molar-refractivity contribution in [3.05, 3.63) is 11.9 Å². The molecule has 0 aliphatic carbocycles. The van der Waals surface area contributed by atoms with Crippen LogP contribution in [0.4, 0.5) is 11.6 Å². The summed E-state index contributed by atoms with van der Waals surface area (Å²) in [5, 5.41) is 3.38. The molecule has 19 heavy (non-hydrogen) atoms. The molecular weight excluding hydrogens is 238 g/mol. The van der Waals surface area contributed by atoms with Gasteiger partial charge in [-0.1, -0.05) is 13.8 Å². The highest BCUT2D eigenvalue weighted by atomic mass is 15.2. The van der Waals surface area contributed by atoms with E-state index in [9.17, 15) is 0 Å². The topological polar surface area (TPSA) is 67.1 Å². The molecule has 1 aromatic rings. The standard InChI is InChI=1S/C14H25N5/c1-11-17-12(16-10-14(2,3)9-15)8-13(18-11)19-6-4-5-7-19/h8H,4-7,9-10,15H2,1-3H3,(H,16,17,18). The monoisotopic (exact) mass is 263 g/mol. The average molecular weight is 263 g/mol. The Balaban J connectivity index is 2.08. The van der Waals surface area contributed by atoms with Gasteiger partial charge in [-0.3, -0.25) is 0 Å². The molecule has 1 saturated heterocycles. The Bertz CT molecular complexity index is 424. The van der Waals surface area contributed by atoms with Crippen molar-refractivity contribution < 1.29 is 0 Å². The molecule has 1 aromatic heterocycles. The smallest absolute Gasteiger partial charge is 0.134 e. The minimum atomic E-state index is 0.0761. The van der Waals surface area contributed by atoms with E-state index < -0.39 is 0 Å². The van der Waals surface area contributed by atoms with E-state index in [0.29, 0.717) is 6.54 Å². The Morgan fingerprint density at radius 2 is 2.00 bits per heavy atom. The van der Waals surface area contributed by atoms with Crippen molar-refractivity contribution in [3.8, 4) is 0 Å². The predicted octanol–water partition coefficient (Wildman–Crippen LogP) is 1.78. The maximum absolute atomic E-state index is 5.75. The first-order valence-electron chi connectivity index (χ1n) is 7.05. The van der Waals surface area contributed by atoms with Gasteiger partial charge in [-0.05, 0) is 31.7 Å². The van der Waals surface area contributed by atoms with Crippen molar-refractivity contribution in [2.24, 2.45) is 11.1 Å². The molecule has 1 fully saturated rings. The second-order valence-electron chi connectivity index (χ2n) is 6.07. The lowest BCUT2D eigenvalue weighted by Crippen LogP contribution is -2.31. The summed E-state index contributed by atoms with van der Waals surface area (Å²) >= 11 is 0. The first kappa shape index (κ1) is 14.1. The lowest BCUT2D eigenvalue weighted by molar-refractivity contribution is 0.405. The first-order chi connectivity index (χ1) is 9.00. The summed E-state index contributed by atoms with van der Waals surface area (Å²) < 4.78 is 0. The number of hydrogen-bond acceptors (Lipinski definition) is 5. The van der Waals surface area contributed by atoms with Crippen LogP contribution in [-0.4, -0.2) is 36.1 Å². The van der Waals surface area contributed by atoms with Crippen LogP contribution < -0.4 is 16.0 Å². The number of hydrogen-bond donors (Lipinski definition) is 2. The molecule has 1 aliphatic rings. The molecule has 0 aromatic carbocycles. The van der Waals surface area contributed by atoms with Crippen LogP contribution in [0, 0.1) is 12.3 Å². The van der Waals surface area contributed by atoms with Gasteiger partial charge in [-0.25, -0.2) is 9.97 Å². The Hall–Kier alpha value is -1.36. The van der Waals surface area contributed by atoms with Gasteiger partial charge in [-0.15, -0.1) is 0 Å². The van der Waals surface area contributed by atoms with Gasteiger partial charge < -0.3 is 16.0 Å². The van der Waals surface area contributed by atoms with Gasteiger partial charge in [0.25, 0.3) is 0 Å². The molecule has 5 heteroatoms. The third-order valence-corrected chi connectivity index (χ3v) is 3.56. The van der Waals surface area contributed by atoms with Crippen LogP contribution in [-0.2, 0) is 0 Å². The van der Waals surface area contributed by atoms with Crippen LogP contribution in [0.1, 0.15) is 32.5 Å². The van der Waals surface area contributed by atoms with Crippen molar-refractivity contribution in [2.45, 2.75) is 33.6 Å². The number of nitrogens with one attached hydrogen (secondary N) is 1.